The van der Waals surface area contributed by atoms with E-state index in [9.17, 15) is 12.8 Å². The van der Waals surface area contributed by atoms with E-state index in [0.29, 0.717) is 6.54 Å². The van der Waals surface area contributed by atoms with Gasteiger partial charge in [0, 0.05) is 19.2 Å². The first kappa shape index (κ1) is 16.5. The quantitative estimate of drug-likeness (QED) is 0.821. The van der Waals surface area contributed by atoms with E-state index >= 15 is 0 Å². The summed E-state index contributed by atoms with van der Waals surface area (Å²) in [6, 6.07) is 12.9. The molecule has 0 aromatic heterocycles. The molecule has 22 heavy (non-hydrogen) atoms. The highest BCUT2D eigenvalue weighted by atomic mass is 32.2. The van der Waals surface area contributed by atoms with Crippen LogP contribution in [0.3, 0.4) is 0 Å². The highest BCUT2D eigenvalue weighted by Crippen LogP contribution is 2.24. The van der Waals surface area contributed by atoms with Crippen LogP contribution < -0.4 is 4.74 Å². The van der Waals surface area contributed by atoms with Crippen molar-refractivity contribution < 1.29 is 17.5 Å². The molecule has 0 spiro atoms. The lowest BCUT2D eigenvalue weighted by atomic mass is 10.2. The Kier molecular flexibility index (Phi) is 5.15. The van der Waals surface area contributed by atoms with Crippen LogP contribution in [-0.2, 0) is 16.6 Å². The summed E-state index contributed by atoms with van der Waals surface area (Å²) in [7, 11) is -2.41. The van der Waals surface area contributed by atoms with Gasteiger partial charge in [-0.25, -0.2) is 12.8 Å². The fourth-order valence-electron chi connectivity index (χ4n) is 2.10. The van der Waals surface area contributed by atoms with E-state index in [-0.39, 0.29) is 17.2 Å². The second kappa shape index (κ2) is 6.89. The molecule has 0 bridgehead atoms. The Hall–Kier alpha value is -1.92. The van der Waals surface area contributed by atoms with E-state index in [1.54, 1.807) is 6.92 Å². The first-order chi connectivity index (χ1) is 10.5. The minimum Gasteiger partial charge on any atom is -0.494 e. The van der Waals surface area contributed by atoms with Crippen molar-refractivity contribution in [3.05, 3.63) is 59.9 Å². The first-order valence-electron chi connectivity index (χ1n) is 6.86. The molecule has 0 saturated carbocycles. The summed E-state index contributed by atoms with van der Waals surface area (Å²) in [5, 5.41) is 0. The van der Waals surface area contributed by atoms with Crippen LogP contribution in [-0.4, -0.2) is 26.4 Å². The van der Waals surface area contributed by atoms with Gasteiger partial charge in [0.1, 0.15) is 0 Å². The third-order valence-electron chi connectivity index (χ3n) is 3.31. The van der Waals surface area contributed by atoms with Crippen LogP contribution >= 0.6 is 0 Å². The molecule has 0 amide bonds. The fraction of sp³-hybridized carbons (Fsp3) is 0.250. The van der Waals surface area contributed by atoms with Crippen LogP contribution in [0.2, 0.25) is 0 Å². The molecule has 0 aliphatic rings. The molecule has 0 N–H and O–H groups in total. The number of hydrogen-bond donors (Lipinski definition) is 0. The van der Waals surface area contributed by atoms with Crippen LogP contribution in [0.4, 0.5) is 4.39 Å². The van der Waals surface area contributed by atoms with Gasteiger partial charge < -0.3 is 4.74 Å². The van der Waals surface area contributed by atoms with E-state index in [1.807, 2.05) is 30.3 Å². The molecular weight excluding hydrogens is 305 g/mol. The Morgan fingerprint density at radius 3 is 2.41 bits per heavy atom. The molecular formula is C16H18FNO3S. The molecule has 2 aromatic rings. The number of methoxy groups -OCH3 is 1. The van der Waals surface area contributed by atoms with Crippen molar-refractivity contribution in [1.82, 2.24) is 4.31 Å². The Balaban J connectivity index is 2.34. The lowest BCUT2D eigenvalue weighted by Gasteiger charge is -2.21. The number of ether oxygens (including phenoxy) is 1. The van der Waals surface area contributed by atoms with E-state index in [4.69, 9.17) is 4.74 Å². The lowest BCUT2D eigenvalue weighted by molar-refractivity contribution is 0.383. The molecule has 0 atom stereocenters. The number of rotatable bonds is 6. The predicted molar refractivity (Wildman–Crippen MR) is 82.7 cm³/mol. The molecule has 118 valence electrons. The van der Waals surface area contributed by atoms with E-state index < -0.39 is 15.8 Å². The average Bonchev–Trinajstić information content (AvgIpc) is 2.53. The molecule has 0 aliphatic carbocycles. The van der Waals surface area contributed by atoms with Gasteiger partial charge in [0.25, 0.3) is 0 Å². The van der Waals surface area contributed by atoms with Crippen molar-refractivity contribution in [2.24, 2.45) is 0 Å². The molecule has 4 nitrogen and oxygen atoms in total. The third-order valence-corrected chi connectivity index (χ3v) is 5.23. The van der Waals surface area contributed by atoms with Gasteiger partial charge in [-0.3, -0.25) is 0 Å². The van der Waals surface area contributed by atoms with Crippen molar-refractivity contribution in [1.29, 1.82) is 0 Å². The zero-order chi connectivity index (χ0) is 16.2. The SMILES string of the molecule is CCN(Cc1ccccc1)S(=O)(=O)c1ccc(F)c(OC)c1. The van der Waals surface area contributed by atoms with Gasteiger partial charge in [0.05, 0.1) is 12.0 Å². The van der Waals surface area contributed by atoms with Crippen molar-refractivity contribution in [2.45, 2.75) is 18.4 Å². The van der Waals surface area contributed by atoms with Crippen molar-refractivity contribution >= 4 is 10.0 Å². The van der Waals surface area contributed by atoms with Crippen LogP contribution in [0.25, 0.3) is 0 Å². The summed E-state index contributed by atoms with van der Waals surface area (Å²) in [5.74, 6) is -0.676. The van der Waals surface area contributed by atoms with Crippen molar-refractivity contribution in [3.63, 3.8) is 0 Å². The zero-order valence-corrected chi connectivity index (χ0v) is 13.3. The van der Waals surface area contributed by atoms with Gasteiger partial charge in [0.2, 0.25) is 10.0 Å². The summed E-state index contributed by atoms with van der Waals surface area (Å²) < 4.78 is 45.0. The molecule has 0 heterocycles. The maximum Gasteiger partial charge on any atom is 0.243 e. The van der Waals surface area contributed by atoms with Crippen molar-refractivity contribution in [2.75, 3.05) is 13.7 Å². The molecule has 6 heteroatoms. The maximum atomic E-state index is 13.5. The van der Waals surface area contributed by atoms with Crippen LogP contribution in [0.15, 0.2) is 53.4 Å². The Morgan fingerprint density at radius 2 is 1.82 bits per heavy atom. The third kappa shape index (κ3) is 3.45. The van der Waals surface area contributed by atoms with Crippen LogP contribution in [0.1, 0.15) is 12.5 Å². The molecule has 0 unspecified atom stereocenters. The lowest BCUT2D eigenvalue weighted by Crippen LogP contribution is -2.30. The predicted octanol–water partition coefficient (Wildman–Crippen LogP) is 3.05. The topological polar surface area (TPSA) is 46.6 Å². The molecule has 2 rings (SSSR count). The normalized spacial score (nSPS) is 11.6. The minimum atomic E-state index is -3.71. The van der Waals surface area contributed by atoms with E-state index in [1.165, 1.54) is 23.5 Å². The number of benzene rings is 2. The Labute approximate surface area is 130 Å². The number of nitrogens with zero attached hydrogens (tertiary/aromatic N) is 1. The molecule has 2 aromatic carbocycles. The van der Waals surface area contributed by atoms with Crippen LogP contribution in [0.5, 0.6) is 5.75 Å². The smallest absolute Gasteiger partial charge is 0.243 e. The van der Waals surface area contributed by atoms with Gasteiger partial charge in [-0.1, -0.05) is 37.3 Å². The number of hydrogen-bond acceptors (Lipinski definition) is 3. The van der Waals surface area contributed by atoms with Gasteiger partial charge in [-0.15, -0.1) is 0 Å². The fourth-order valence-corrected chi connectivity index (χ4v) is 3.56. The second-order valence-corrected chi connectivity index (χ2v) is 6.65. The Bertz CT molecular complexity index is 732. The van der Waals surface area contributed by atoms with Gasteiger partial charge in [-0.2, -0.15) is 4.31 Å². The molecule has 0 fully saturated rings. The van der Waals surface area contributed by atoms with Crippen molar-refractivity contribution in [3.8, 4) is 5.75 Å². The summed E-state index contributed by atoms with van der Waals surface area (Å²) >= 11 is 0. The zero-order valence-electron chi connectivity index (χ0n) is 12.5. The molecule has 0 aliphatic heterocycles. The maximum absolute atomic E-state index is 13.5. The molecule has 0 radical (unpaired) electrons. The van der Waals surface area contributed by atoms with Crippen LogP contribution in [0, 0.1) is 5.82 Å². The minimum absolute atomic E-state index is 0.0172. The summed E-state index contributed by atoms with van der Waals surface area (Å²) in [4.78, 5) is 0.0172. The largest absolute Gasteiger partial charge is 0.494 e. The van der Waals surface area contributed by atoms with Gasteiger partial charge in [0.15, 0.2) is 11.6 Å². The molecule has 0 saturated heterocycles. The van der Waals surface area contributed by atoms with Gasteiger partial charge >= 0.3 is 0 Å². The number of sulfonamides is 1. The summed E-state index contributed by atoms with van der Waals surface area (Å²) in [6.45, 7) is 2.34. The monoisotopic (exact) mass is 323 g/mol. The van der Waals surface area contributed by atoms with E-state index in [2.05, 4.69) is 0 Å². The number of halogens is 1. The first-order valence-corrected chi connectivity index (χ1v) is 8.30. The summed E-state index contributed by atoms with van der Waals surface area (Å²) in [5.41, 5.74) is 0.891. The average molecular weight is 323 g/mol. The van der Waals surface area contributed by atoms with E-state index in [0.717, 1.165) is 11.6 Å². The Morgan fingerprint density at radius 1 is 1.14 bits per heavy atom. The highest BCUT2D eigenvalue weighted by molar-refractivity contribution is 7.89. The van der Waals surface area contributed by atoms with Gasteiger partial charge in [-0.05, 0) is 17.7 Å². The standard InChI is InChI=1S/C16H18FNO3S/c1-3-18(12-13-7-5-4-6-8-13)22(19,20)14-9-10-15(17)16(11-14)21-2/h4-11H,3,12H2,1-2H3. The summed E-state index contributed by atoms with van der Waals surface area (Å²) in [6.07, 6.45) is 0. The second-order valence-electron chi connectivity index (χ2n) is 4.71. The highest BCUT2D eigenvalue weighted by Gasteiger charge is 2.24.